The second-order valence-corrected chi connectivity index (χ2v) is 11.7. The first-order chi connectivity index (χ1) is 17.7. The first-order valence-electron chi connectivity index (χ1n) is 12.5. The maximum Gasteiger partial charge on any atom is 0.262 e. The van der Waals surface area contributed by atoms with Crippen LogP contribution in [0.3, 0.4) is 0 Å². The molecule has 37 heavy (non-hydrogen) atoms. The van der Waals surface area contributed by atoms with E-state index in [9.17, 15) is 9.59 Å². The Morgan fingerprint density at radius 2 is 1.78 bits per heavy atom. The molecule has 8 heteroatoms. The average molecular weight is 541 g/mol. The Hall–Kier alpha value is -3.03. The molecule has 1 aliphatic rings. The van der Waals surface area contributed by atoms with Gasteiger partial charge in [-0.1, -0.05) is 44.5 Å². The lowest BCUT2D eigenvalue weighted by Gasteiger charge is -2.33. The van der Waals surface area contributed by atoms with E-state index < -0.39 is 0 Å². The number of hydrogen-bond acceptors (Lipinski definition) is 5. The van der Waals surface area contributed by atoms with Crippen LogP contribution in [0.5, 0.6) is 11.5 Å². The zero-order valence-corrected chi connectivity index (χ0v) is 23.2. The molecule has 0 saturated carbocycles. The molecule has 0 radical (unpaired) electrons. The molecule has 2 N–H and O–H groups in total. The quantitative estimate of drug-likeness (QED) is 0.316. The molecule has 4 rings (SSSR count). The van der Waals surface area contributed by atoms with Crippen LogP contribution in [-0.4, -0.2) is 25.0 Å². The fourth-order valence-corrected chi connectivity index (χ4v) is 6.00. The summed E-state index contributed by atoms with van der Waals surface area (Å²) >= 11 is 7.41. The summed E-state index contributed by atoms with van der Waals surface area (Å²) in [5, 5.41) is 7.10. The van der Waals surface area contributed by atoms with Gasteiger partial charge in [-0.3, -0.25) is 9.59 Å². The molecular weight excluding hydrogens is 508 g/mol. The van der Waals surface area contributed by atoms with E-state index >= 15 is 0 Å². The number of carbonyl (C=O) groups is 2. The van der Waals surface area contributed by atoms with Gasteiger partial charge in [-0.05, 0) is 79.5 Å². The molecule has 1 unspecified atom stereocenters. The first-order valence-corrected chi connectivity index (χ1v) is 13.7. The summed E-state index contributed by atoms with van der Waals surface area (Å²) in [5.74, 6) is 1.07. The van der Waals surface area contributed by atoms with Crippen molar-refractivity contribution in [2.45, 2.75) is 47.0 Å². The van der Waals surface area contributed by atoms with Crippen molar-refractivity contribution in [3.63, 3.8) is 0 Å². The van der Waals surface area contributed by atoms with Crippen molar-refractivity contribution in [2.24, 2.45) is 11.3 Å². The first kappa shape index (κ1) is 27.0. The molecule has 0 aliphatic heterocycles. The molecule has 1 heterocycles. The van der Waals surface area contributed by atoms with E-state index in [0.29, 0.717) is 45.3 Å². The van der Waals surface area contributed by atoms with E-state index in [1.807, 2.05) is 31.2 Å². The van der Waals surface area contributed by atoms with Crippen molar-refractivity contribution < 1.29 is 19.1 Å². The van der Waals surface area contributed by atoms with Crippen molar-refractivity contribution in [1.82, 2.24) is 0 Å². The van der Waals surface area contributed by atoms with E-state index in [0.717, 1.165) is 29.7 Å². The molecule has 0 spiro atoms. The molecule has 0 fully saturated rings. The average Bonchev–Trinajstić information content (AvgIpc) is 3.21. The summed E-state index contributed by atoms with van der Waals surface area (Å²) < 4.78 is 11.3. The molecule has 6 nitrogen and oxygen atoms in total. The largest absolute Gasteiger partial charge is 0.492 e. The lowest BCUT2D eigenvalue weighted by atomic mass is 9.72. The molecule has 3 aromatic rings. The van der Waals surface area contributed by atoms with Crippen LogP contribution >= 0.6 is 22.9 Å². The molecule has 196 valence electrons. The number of fused-ring (bicyclic) bond motifs is 1. The second kappa shape index (κ2) is 11.6. The fraction of sp³-hybridized carbons (Fsp3) is 0.379. The lowest BCUT2D eigenvalue weighted by molar-refractivity contribution is -0.118. The number of nitrogens with one attached hydrogen (secondary N) is 2. The minimum absolute atomic E-state index is 0.163. The summed E-state index contributed by atoms with van der Waals surface area (Å²) in [6.45, 7) is 8.98. The summed E-state index contributed by atoms with van der Waals surface area (Å²) in [4.78, 5) is 27.7. The smallest absolute Gasteiger partial charge is 0.262 e. The normalized spacial score (nSPS) is 15.0. The Morgan fingerprint density at radius 1 is 1.05 bits per heavy atom. The number of carbonyl (C=O) groups excluding carboxylic acids is 2. The SMILES string of the molecule is CCOc1ccccc1NC(=O)c1c(NC(=O)COc2ccc(Cl)cc2)sc2c1CCC(C(C)(C)C)C2. The minimum Gasteiger partial charge on any atom is -0.492 e. The maximum absolute atomic E-state index is 13.6. The van der Waals surface area contributed by atoms with Crippen molar-refractivity contribution in [2.75, 3.05) is 23.8 Å². The van der Waals surface area contributed by atoms with Crippen molar-refractivity contribution in [3.8, 4) is 11.5 Å². The van der Waals surface area contributed by atoms with E-state index in [4.69, 9.17) is 21.1 Å². The Labute approximate surface area is 227 Å². The van der Waals surface area contributed by atoms with Crippen LogP contribution in [0.4, 0.5) is 10.7 Å². The van der Waals surface area contributed by atoms with Gasteiger partial charge in [-0.2, -0.15) is 0 Å². The van der Waals surface area contributed by atoms with Crippen LogP contribution in [-0.2, 0) is 17.6 Å². The highest BCUT2D eigenvalue weighted by molar-refractivity contribution is 7.17. The predicted molar refractivity (Wildman–Crippen MR) is 150 cm³/mol. The van der Waals surface area contributed by atoms with Gasteiger partial charge in [0.25, 0.3) is 11.8 Å². The number of anilines is 2. The third kappa shape index (κ3) is 6.65. The van der Waals surface area contributed by atoms with Crippen LogP contribution in [0, 0.1) is 11.3 Å². The Kier molecular flexibility index (Phi) is 8.45. The standard InChI is InChI=1S/C29H33ClN2O4S/c1-5-35-23-9-7-6-8-22(23)31-27(34)26-21-15-10-18(29(2,3)4)16-24(21)37-28(26)32-25(33)17-36-20-13-11-19(30)12-14-20/h6-9,11-14,18H,5,10,15-17H2,1-4H3,(H,31,34)(H,32,33). The molecule has 0 saturated heterocycles. The minimum atomic E-state index is -0.329. The maximum atomic E-state index is 13.6. The highest BCUT2D eigenvalue weighted by Crippen LogP contribution is 2.44. The summed E-state index contributed by atoms with van der Waals surface area (Å²) in [6, 6.07) is 14.2. The number of hydrogen-bond donors (Lipinski definition) is 2. The Balaban J connectivity index is 1.59. The molecular formula is C29H33ClN2O4S. The number of rotatable bonds is 8. The second-order valence-electron chi connectivity index (χ2n) is 10.2. The predicted octanol–water partition coefficient (Wildman–Crippen LogP) is 7.22. The van der Waals surface area contributed by atoms with Gasteiger partial charge < -0.3 is 20.1 Å². The molecule has 2 amide bonds. The van der Waals surface area contributed by atoms with Crippen LogP contribution in [0.1, 0.15) is 54.9 Å². The monoisotopic (exact) mass is 540 g/mol. The Morgan fingerprint density at radius 3 is 2.49 bits per heavy atom. The molecule has 2 aromatic carbocycles. The number of thiophene rings is 1. The van der Waals surface area contributed by atoms with Crippen molar-refractivity contribution in [1.29, 1.82) is 0 Å². The van der Waals surface area contributed by atoms with E-state index in [2.05, 4.69) is 31.4 Å². The molecule has 0 bridgehead atoms. The van der Waals surface area contributed by atoms with Gasteiger partial charge in [0.1, 0.15) is 16.5 Å². The zero-order valence-electron chi connectivity index (χ0n) is 21.7. The highest BCUT2D eigenvalue weighted by Gasteiger charge is 2.34. The third-order valence-corrected chi connectivity index (χ3v) is 8.01. The van der Waals surface area contributed by atoms with E-state index in [-0.39, 0.29) is 23.8 Å². The van der Waals surface area contributed by atoms with Crippen molar-refractivity contribution >= 4 is 45.4 Å². The Bertz CT molecular complexity index is 1260. The summed E-state index contributed by atoms with van der Waals surface area (Å²) in [7, 11) is 0. The van der Waals surface area contributed by atoms with Gasteiger partial charge in [0.2, 0.25) is 0 Å². The number of para-hydroxylation sites is 2. The van der Waals surface area contributed by atoms with Gasteiger partial charge in [-0.15, -0.1) is 11.3 Å². The van der Waals surface area contributed by atoms with E-state index in [1.54, 1.807) is 24.3 Å². The number of halogens is 1. The van der Waals surface area contributed by atoms with Crippen LogP contribution in [0.25, 0.3) is 0 Å². The van der Waals surface area contributed by atoms with Gasteiger partial charge in [-0.25, -0.2) is 0 Å². The zero-order chi connectivity index (χ0) is 26.6. The molecule has 1 aromatic heterocycles. The van der Waals surface area contributed by atoms with Gasteiger partial charge in [0, 0.05) is 9.90 Å². The summed E-state index contributed by atoms with van der Waals surface area (Å²) in [6.07, 6.45) is 2.67. The number of amides is 2. The van der Waals surface area contributed by atoms with Crippen LogP contribution in [0.15, 0.2) is 48.5 Å². The number of benzene rings is 2. The van der Waals surface area contributed by atoms with Gasteiger partial charge in [0.05, 0.1) is 17.9 Å². The van der Waals surface area contributed by atoms with Gasteiger partial charge >= 0.3 is 0 Å². The molecule has 1 aliphatic carbocycles. The molecule has 1 atom stereocenters. The van der Waals surface area contributed by atoms with Crippen molar-refractivity contribution in [3.05, 3.63) is 69.6 Å². The van der Waals surface area contributed by atoms with Crippen LogP contribution < -0.4 is 20.1 Å². The summed E-state index contributed by atoms with van der Waals surface area (Å²) in [5.41, 5.74) is 2.31. The third-order valence-electron chi connectivity index (χ3n) is 6.59. The van der Waals surface area contributed by atoms with Gasteiger partial charge in [0.15, 0.2) is 6.61 Å². The van der Waals surface area contributed by atoms with E-state index in [1.165, 1.54) is 11.3 Å². The highest BCUT2D eigenvalue weighted by atomic mass is 35.5. The lowest BCUT2D eigenvalue weighted by Crippen LogP contribution is -2.27. The fourth-order valence-electron chi connectivity index (χ4n) is 4.53. The topological polar surface area (TPSA) is 76.7 Å². The van der Waals surface area contributed by atoms with Crippen LogP contribution in [0.2, 0.25) is 5.02 Å². The number of ether oxygens (including phenoxy) is 2.